The number of nitrogens with zero attached hydrogens (tertiary/aromatic N) is 2. The average molecular weight is 284 g/mol. The summed E-state index contributed by atoms with van der Waals surface area (Å²) in [5.74, 6) is 1.07. The van der Waals surface area contributed by atoms with E-state index in [4.69, 9.17) is 4.74 Å². The summed E-state index contributed by atoms with van der Waals surface area (Å²) < 4.78 is 5.39. The largest absolute Gasteiger partial charge is 0.394 e. The predicted molar refractivity (Wildman–Crippen MR) is 77.4 cm³/mol. The third kappa shape index (κ3) is 3.32. The fraction of sp³-hybridized carbons (Fsp3) is 0.933. The number of aliphatic hydroxyl groups is 1. The van der Waals surface area contributed by atoms with Crippen LogP contribution < -0.4 is 0 Å². The molecule has 0 aromatic carbocycles. The smallest absolute Gasteiger partial charge is 0.222 e. The molecule has 0 aromatic rings. The van der Waals surface area contributed by atoms with Gasteiger partial charge in [0, 0.05) is 32.6 Å². The molecule has 116 valence electrons. The molecule has 2 fully saturated rings. The fourth-order valence-electron chi connectivity index (χ4n) is 3.58. The Balaban J connectivity index is 2.04. The number of rotatable bonds is 5. The Labute approximate surface area is 121 Å². The van der Waals surface area contributed by atoms with Gasteiger partial charge >= 0.3 is 0 Å². The maximum absolute atomic E-state index is 12.1. The lowest BCUT2D eigenvalue weighted by atomic mass is 9.88. The molecule has 0 saturated carbocycles. The molecule has 20 heavy (non-hydrogen) atoms. The normalized spacial score (nSPS) is 31.8. The minimum absolute atomic E-state index is 0.00440. The zero-order chi connectivity index (χ0) is 14.5. The Morgan fingerprint density at radius 2 is 2.00 bits per heavy atom. The maximum atomic E-state index is 12.1. The Hall–Kier alpha value is -0.650. The molecule has 0 aliphatic carbocycles. The van der Waals surface area contributed by atoms with E-state index in [1.54, 1.807) is 0 Å². The summed E-state index contributed by atoms with van der Waals surface area (Å²) in [5, 5.41) is 9.76. The number of hydrogen-bond acceptors (Lipinski definition) is 4. The third-order valence-electron chi connectivity index (χ3n) is 4.84. The van der Waals surface area contributed by atoms with Gasteiger partial charge in [0.15, 0.2) is 0 Å². The van der Waals surface area contributed by atoms with E-state index in [0.717, 1.165) is 45.8 Å². The average Bonchev–Trinajstić information content (AvgIpc) is 2.85. The van der Waals surface area contributed by atoms with E-state index in [1.165, 1.54) is 0 Å². The number of carbonyl (C=O) groups is 1. The maximum Gasteiger partial charge on any atom is 0.222 e. The van der Waals surface area contributed by atoms with Gasteiger partial charge in [0.05, 0.1) is 25.9 Å². The predicted octanol–water partition coefficient (Wildman–Crippen LogP) is 0.574. The van der Waals surface area contributed by atoms with Gasteiger partial charge < -0.3 is 14.7 Å². The van der Waals surface area contributed by atoms with E-state index >= 15 is 0 Å². The number of hydrogen-bond donors (Lipinski definition) is 1. The van der Waals surface area contributed by atoms with Crippen molar-refractivity contribution in [1.29, 1.82) is 0 Å². The highest BCUT2D eigenvalue weighted by molar-refractivity contribution is 5.76. The lowest BCUT2D eigenvalue weighted by Gasteiger charge is -2.33. The van der Waals surface area contributed by atoms with E-state index in [9.17, 15) is 9.90 Å². The molecule has 2 saturated heterocycles. The van der Waals surface area contributed by atoms with E-state index in [2.05, 4.69) is 11.8 Å². The van der Waals surface area contributed by atoms with Crippen LogP contribution in [0.15, 0.2) is 0 Å². The molecule has 5 heteroatoms. The molecular weight excluding hydrogens is 256 g/mol. The molecule has 5 nitrogen and oxygen atoms in total. The molecule has 0 aromatic heterocycles. The van der Waals surface area contributed by atoms with Gasteiger partial charge in [-0.3, -0.25) is 9.69 Å². The molecule has 0 spiro atoms. The van der Waals surface area contributed by atoms with E-state index in [-0.39, 0.29) is 18.6 Å². The number of aliphatic hydroxyl groups excluding tert-OH is 1. The van der Waals surface area contributed by atoms with Gasteiger partial charge in [0.1, 0.15) is 0 Å². The first-order chi connectivity index (χ1) is 9.71. The minimum Gasteiger partial charge on any atom is -0.394 e. The van der Waals surface area contributed by atoms with Crippen LogP contribution in [0.3, 0.4) is 0 Å². The van der Waals surface area contributed by atoms with Crippen molar-refractivity contribution >= 4 is 5.91 Å². The van der Waals surface area contributed by atoms with Crippen molar-refractivity contribution in [1.82, 2.24) is 9.80 Å². The van der Waals surface area contributed by atoms with Crippen molar-refractivity contribution in [2.75, 3.05) is 46.0 Å². The molecule has 1 amide bonds. The lowest BCUT2D eigenvalue weighted by molar-refractivity contribution is -0.133. The van der Waals surface area contributed by atoms with Gasteiger partial charge in [-0.05, 0) is 11.8 Å². The van der Waals surface area contributed by atoms with E-state index < -0.39 is 0 Å². The van der Waals surface area contributed by atoms with Crippen LogP contribution in [0.25, 0.3) is 0 Å². The van der Waals surface area contributed by atoms with Crippen LogP contribution >= 0.6 is 0 Å². The van der Waals surface area contributed by atoms with Gasteiger partial charge in [0.25, 0.3) is 0 Å². The minimum atomic E-state index is -0.00440. The van der Waals surface area contributed by atoms with Crippen molar-refractivity contribution in [2.45, 2.75) is 32.7 Å². The highest BCUT2D eigenvalue weighted by atomic mass is 16.5. The van der Waals surface area contributed by atoms with Crippen molar-refractivity contribution in [3.8, 4) is 0 Å². The second-order valence-corrected chi connectivity index (χ2v) is 5.89. The summed E-state index contributed by atoms with van der Waals surface area (Å²) in [4.78, 5) is 16.4. The summed E-state index contributed by atoms with van der Waals surface area (Å²) >= 11 is 0. The van der Waals surface area contributed by atoms with E-state index in [1.807, 2.05) is 11.8 Å². The zero-order valence-electron chi connectivity index (χ0n) is 12.8. The summed E-state index contributed by atoms with van der Waals surface area (Å²) in [6.45, 7) is 9.47. The van der Waals surface area contributed by atoms with Crippen molar-refractivity contribution in [3.05, 3.63) is 0 Å². The quantitative estimate of drug-likeness (QED) is 0.802. The molecule has 0 bridgehead atoms. The monoisotopic (exact) mass is 284 g/mol. The molecule has 2 aliphatic rings. The molecule has 2 heterocycles. The first kappa shape index (κ1) is 15.7. The van der Waals surface area contributed by atoms with Crippen molar-refractivity contribution in [2.24, 2.45) is 11.8 Å². The molecule has 3 atom stereocenters. The van der Waals surface area contributed by atoms with Gasteiger partial charge in [-0.1, -0.05) is 20.3 Å². The zero-order valence-corrected chi connectivity index (χ0v) is 12.8. The standard InChI is InChI=1S/C15H28N2O3/c1-3-12-9-17(15(19)4-2)14(11-18)13(12)10-16-5-7-20-8-6-16/h12-14,18H,3-11H2,1-2H3/t12-,13-,14-/m1/s1. The highest BCUT2D eigenvalue weighted by Gasteiger charge is 2.42. The Morgan fingerprint density at radius 1 is 1.30 bits per heavy atom. The molecule has 0 unspecified atom stereocenters. The molecule has 2 aliphatic heterocycles. The van der Waals surface area contributed by atoms with Crippen LogP contribution in [0.5, 0.6) is 0 Å². The lowest BCUT2D eigenvalue weighted by Crippen LogP contribution is -2.46. The summed E-state index contributed by atoms with van der Waals surface area (Å²) in [5.41, 5.74) is 0. The molecule has 0 radical (unpaired) electrons. The topological polar surface area (TPSA) is 53.0 Å². The number of morpholine rings is 1. The molecule has 2 rings (SSSR count). The van der Waals surface area contributed by atoms with E-state index in [0.29, 0.717) is 18.3 Å². The van der Waals surface area contributed by atoms with Gasteiger partial charge in [-0.2, -0.15) is 0 Å². The van der Waals surface area contributed by atoms with Crippen LogP contribution in [-0.4, -0.2) is 72.9 Å². The number of amides is 1. The van der Waals surface area contributed by atoms with Crippen LogP contribution in [0.1, 0.15) is 26.7 Å². The molecular formula is C15H28N2O3. The second kappa shape index (κ2) is 7.38. The first-order valence-electron chi connectivity index (χ1n) is 7.91. The first-order valence-corrected chi connectivity index (χ1v) is 7.91. The van der Waals surface area contributed by atoms with Crippen molar-refractivity contribution < 1.29 is 14.6 Å². The fourth-order valence-corrected chi connectivity index (χ4v) is 3.58. The third-order valence-corrected chi connectivity index (χ3v) is 4.84. The van der Waals surface area contributed by atoms with Crippen LogP contribution in [0, 0.1) is 11.8 Å². The van der Waals surface area contributed by atoms with Gasteiger partial charge in [-0.15, -0.1) is 0 Å². The Kier molecular flexibility index (Phi) is 5.81. The van der Waals surface area contributed by atoms with Crippen molar-refractivity contribution in [3.63, 3.8) is 0 Å². The Bertz CT molecular complexity index is 318. The number of carbonyl (C=O) groups excluding carboxylic acids is 1. The van der Waals surface area contributed by atoms with Gasteiger partial charge in [-0.25, -0.2) is 0 Å². The summed E-state index contributed by atoms with van der Waals surface area (Å²) in [7, 11) is 0. The van der Waals surface area contributed by atoms with Crippen LogP contribution in [0.4, 0.5) is 0 Å². The number of likely N-dealkylation sites (tertiary alicyclic amines) is 1. The summed E-state index contributed by atoms with van der Waals surface area (Å²) in [6.07, 6.45) is 1.59. The Morgan fingerprint density at radius 3 is 2.55 bits per heavy atom. The van der Waals surface area contributed by atoms with Crippen LogP contribution in [0.2, 0.25) is 0 Å². The SMILES string of the molecule is CCC(=O)N1C[C@@H](CC)[C@@H](CN2CCOCC2)[C@H]1CO. The second-order valence-electron chi connectivity index (χ2n) is 5.89. The van der Waals surface area contributed by atoms with Crippen LogP contribution in [-0.2, 0) is 9.53 Å². The highest BCUT2D eigenvalue weighted by Crippen LogP contribution is 2.33. The molecule has 1 N–H and O–H groups in total. The van der Waals surface area contributed by atoms with Gasteiger partial charge in [0.2, 0.25) is 5.91 Å². The summed E-state index contributed by atoms with van der Waals surface area (Å²) in [6, 6.07) is -0.00440. The number of ether oxygens (including phenoxy) is 1.